The summed E-state index contributed by atoms with van der Waals surface area (Å²) in [5.41, 5.74) is 0. The molecule has 0 aliphatic heterocycles. The van der Waals surface area contributed by atoms with E-state index in [1.807, 2.05) is 0 Å². The maximum Gasteiger partial charge on any atom is 0.382 e. The van der Waals surface area contributed by atoms with E-state index in [9.17, 15) is 8.42 Å². The molecule has 2 N–H and O–H groups in total. The lowest BCUT2D eigenvalue weighted by Crippen LogP contribution is -2.18. The molecule has 0 aliphatic rings. The Labute approximate surface area is 75.6 Å². The Morgan fingerprint density at radius 1 is 1.73 bits per heavy atom. The first kappa shape index (κ1) is 8.91. The third-order valence-corrected chi connectivity index (χ3v) is 2.49. The van der Waals surface area contributed by atoms with Gasteiger partial charge < -0.3 is 4.18 Å². The highest BCUT2D eigenvalue weighted by atomic mass is 79.9. The molecule has 11 heavy (non-hydrogen) atoms. The highest BCUT2D eigenvalue weighted by Gasteiger charge is 2.07. The largest absolute Gasteiger partial charge is 0.382 e. The standard InChI is InChI=1S/C3H3BrN2O3S2/c4-2-1-6-3(10-2)9-11(5,7)8/h1H,(H2,5,7,8). The van der Waals surface area contributed by atoms with Crippen molar-refractivity contribution in [1.29, 1.82) is 0 Å². The molecule has 1 aromatic rings. The smallest absolute Gasteiger partial charge is 0.340 e. The van der Waals surface area contributed by atoms with Crippen molar-refractivity contribution in [1.82, 2.24) is 4.98 Å². The zero-order valence-electron chi connectivity index (χ0n) is 5.02. The lowest BCUT2D eigenvalue weighted by atomic mass is 11.0. The third-order valence-electron chi connectivity index (χ3n) is 0.644. The van der Waals surface area contributed by atoms with Crippen LogP contribution in [-0.4, -0.2) is 13.4 Å². The summed E-state index contributed by atoms with van der Waals surface area (Å²) in [7, 11) is -3.94. The topological polar surface area (TPSA) is 82.3 Å². The van der Waals surface area contributed by atoms with Crippen LogP contribution in [0.4, 0.5) is 0 Å². The lowest BCUT2D eigenvalue weighted by Gasteiger charge is -1.93. The molecule has 0 fully saturated rings. The molecule has 0 amide bonds. The second-order valence-electron chi connectivity index (χ2n) is 1.51. The molecular formula is C3H3BrN2O3S2. The summed E-state index contributed by atoms with van der Waals surface area (Å²) in [6, 6.07) is 0. The van der Waals surface area contributed by atoms with E-state index in [2.05, 4.69) is 30.2 Å². The minimum atomic E-state index is -3.94. The van der Waals surface area contributed by atoms with Crippen molar-refractivity contribution in [3.05, 3.63) is 9.98 Å². The number of nitrogens with zero attached hydrogens (tertiary/aromatic N) is 1. The van der Waals surface area contributed by atoms with Crippen LogP contribution < -0.4 is 9.32 Å². The fourth-order valence-electron chi connectivity index (χ4n) is 0.377. The van der Waals surface area contributed by atoms with Gasteiger partial charge in [0.1, 0.15) is 0 Å². The SMILES string of the molecule is NS(=O)(=O)Oc1ncc(Br)s1. The number of halogens is 1. The molecule has 0 radical (unpaired) electrons. The fourth-order valence-corrected chi connectivity index (χ4v) is 1.94. The van der Waals surface area contributed by atoms with Gasteiger partial charge in [-0.25, -0.2) is 4.98 Å². The molecule has 0 atom stereocenters. The van der Waals surface area contributed by atoms with E-state index >= 15 is 0 Å². The predicted octanol–water partition coefficient (Wildman–Crippen LogP) is 0.488. The molecule has 0 aliphatic carbocycles. The minimum absolute atomic E-state index is 0.000579. The molecule has 0 bridgehead atoms. The Morgan fingerprint density at radius 3 is 2.73 bits per heavy atom. The van der Waals surface area contributed by atoms with Crippen LogP contribution in [0.3, 0.4) is 0 Å². The van der Waals surface area contributed by atoms with Crippen LogP contribution in [-0.2, 0) is 10.3 Å². The van der Waals surface area contributed by atoms with Gasteiger partial charge in [-0.05, 0) is 15.9 Å². The summed E-state index contributed by atoms with van der Waals surface area (Å²) in [5, 5.41) is 4.58. The Balaban J connectivity index is 2.81. The average Bonchev–Trinajstić information content (AvgIpc) is 2.10. The van der Waals surface area contributed by atoms with Crippen LogP contribution in [0.2, 0.25) is 0 Å². The molecule has 0 spiro atoms. The predicted molar refractivity (Wildman–Crippen MR) is 43.5 cm³/mol. The van der Waals surface area contributed by atoms with Crippen LogP contribution in [0.1, 0.15) is 0 Å². The highest BCUT2D eigenvalue weighted by Crippen LogP contribution is 2.25. The molecule has 8 heteroatoms. The molecular weight excluding hydrogens is 256 g/mol. The Kier molecular flexibility index (Phi) is 2.47. The first-order valence-corrected chi connectivity index (χ1v) is 5.39. The number of thiazole rings is 1. The van der Waals surface area contributed by atoms with E-state index in [-0.39, 0.29) is 5.19 Å². The molecule has 1 heterocycles. The number of hydrogen-bond donors (Lipinski definition) is 1. The quantitative estimate of drug-likeness (QED) is 0.837. The molecule has 0 saturated heterocycles. The first-order chi connectivity index (χ1) is 4.97. The van der Waals surface area contributed by atoms with Gasteiger partial charge in [-0.1, -0.05) is 11.3 Å². The Hall–Kier alpha value is -0.180. The summed E-state index contributed by atoms with van der Waals surface area (Å²) in [6.45, 7) is 0. The van der Waals surface area contributed by atoms with Gasteiger partial charge in [0.2, 0.25) is 0 Å². The lowest BCUT2D eigenvalue weighted by molar-refractivity contribution is 0.486. The van der Waals surface area contributed by atoms with Crippen molar-refractivity contribution in [2.75, 3.05) is 0 Å². The van der Waals surface area contributed by atoms with E-state index in [0.29, 0.717) is 3.79 Å². The zero-order chi connectivity index (χ0) is 8.48. The van der Waals surface area contributed by atoms with Gasteiger partial charge in [-0.3, -0.25) is 0 Å². The summed E-state index contributed by atoms with van der Waals surface area (Å²) in [4.78, 5) is 3.59. The Bertz CT molecular complexity index is 345. The average molecular weight is 259 g/mol. The molecule has 1 aromatic heterocycles. The van der Waals surface area contributed by atoms with Crippen molar-refractivity contribution in [3.8, 4) is 5.19 Å². The summed E-state index contributed by atoms with van der Waals surface area (Å²) < 4.78 is 25.6. The molecule has 0 aromatic carbocycles. The van der Waals surface area contributed by atoms with Crippen LogP contribution in [0, 0.1) is 0 Å². The molecule has 5 nitrogen and oxygen atoms in total. The van der Waals surface area contributed by atoms with Crippen LogP contribution in [0.5, 0.6) is 5.19 Å². The van der Waals surface area contributed by atoms with Gasteiger partial charge in [0.25, 0.3) is 5.19 Å². The van der Waals surface area contributed by atoms with Gasteiger partial charge in [0, 0.05) is 0 Å². The Morgan fingerprint density at radius 2 is 2.36 bits per heavy atom. The van der Waals surface area contributed by atoms with Crippen molar-refractivity contribution in [2.24, 2.45) is 5.14 Å². The highest BCUT2D eigenvalue weighted by molar-refractivity contribution is 9.11. The first-order valence-electron chi connectivity index (χ1n) is 2.31. The number of nitrogens with two attached hydrogens (primary N) is 1. The summed E-state index contributed by atoms with van der Waals surface area (Å²) in [5.74, 6) is 0. The second kappa shape index (κ2) is 3.05. The van der Waals surface area contributed by atoms with Crippen LogP contribution in [0.15, 0.2) is 9.98 Å². The molecule has 1 rings (SSSR count). The van der Waals surface area contributed by atoms with E-state index in [0.717, 1.165) is 11.3 Å². The zero-order valence-corrected chi connectivity index (χ0v) is 8.24. The monoisotopic (exact) mass is 258 g/mol. The normalized spacial score (nSPS) is 11.5. The minimum Gasteiger partial charge on any atom is -0.340 e. The van der Waals surface area contributed by atoms with Crippen molar-refractivity contribution in [2.45, 2.75) is 0 Å². The second-order valence-corrected chi connectivity index (χ2v) is 5.03. The van der Waals surface area contributed by atoms with E-state index in [1.165, 1.54) is 6.20 Å². The summed E-state index contributed by atoms with van der Waals surface area (Å²) >= 11 is 4.12. The maximum absolute atomic E-state index is 10.3. The van der Waals surface area contributed by atoms with Crippen molar-refractivity contribution < 1.29 is 12.6 Å². The van der Waals surface area contributed by atoms with Crippen LogP contribution >= 0.6 is 27.3 Å². The number of aromatic nitrogens is 1. The summed E-state index contributed by atoms with van der Waals surface area (Å²) in [6.07, 6.45) is 1.42. The van der Waals surface area contributed by atoms with Gasteiger partial charge >= 0.3 is 10.3 Å². The van der Waals surface area contributed by atoms with Crippen molar-refractivity contribution in [3.63, 3.8) is 0 Å². The third kappa shape index (κ3) is 3.14. The van der Waals surface area contributed by atoms with Gasteiger partial charge in [-0.2, -0.15) is 13.6 Å². The van der Waals surface area contributed by atoms with E-state index in [1.54, 1.807) is 0 Å². The number of hydrogen-bond acceptors (Lipinski definition) is 5. The van der Waals surface area contributed by atoms with Gasteiger partial charge in [0.15, 0.2) is 0 Å². The fraction of sp³-hybridized carbons (Fsp3) is 0. The molecule has 0 unspecified atom stereocenters. The van der Waals surface area contributed by atoms with Gasteiger partial charge in [-0.15, -0.1) is 0 Å². The number of rotatable bonds is 2. The molecule has 0 saturated carbocycles. The molecule has 62 valence electrons. The van der Waals surface area contributed by atoms with Gasteiger partial charge in [0.05, 0.1) is 9.98 Å². The maximum atomic E-state index is 10.3. The van der Waals surface area contributed by atoms with Crippen LogP contribution in [0.25, 0.3) is 0 Å². The van der Waals surface area contributed by atoms with E-state index in [4.69, 9.17) is 0 Å². The van der Waals surface area contributed by atoms with E-state index < -0.39 is 10.3 Å². The van der Waals surface area contributed by atoms with Crippen molar-refractivity contribution >= 4 is 37.6 Å².